The van der Waals surface area contributed by atoms with Crippen molar-refractivity contribution in [2.24, 2.45) is 5.41 Å². The number of anilines is 1. The van der Waals surface area contributed by atoms with Crippen LogP contribution in [0.25, 0.3) is 0 Å². The molecular formula is C15H22ClNO. The van der Waals surface area contributed by atoms with Gasteiger partial charge >= 0.3 is 0 Å². The Morgan fingerprint density at radius 3 is 2.61 bits per heavy atom. The van der Waals surface area contributed by atoms with Crippen LogP contribution in [0.1, 0.15) is 39.5 Å². The van der Waals surface area contributed by atoms with Gasteiger partial charge in [0.1, 0.15) is 0 Å². The normalized spacial score (nSPS) is 26.9. The molecule has 2 N–H and O–H groups in total. The van der Waals surface area contributed by atoms with Gasteiger partial charge in [0.25, 0.3) is 0 Å². The number of halogens is 1. The average molecular weight is 268 g/mol. The molecule has 1 saturated carbocycles. The van der Waals surface area contributed by atoms with Crippen molar-refractivity contribution >= 4 is 17.3 Å². The molecular weight excluding hydrogens is 246 g/mol. The van der Waals surface area contributed by atoms with E-state index in [0.29, 0.717) is 0 Å². The van der Waals surface area contributed by atoms with Gasteiger partial charge in [-0.3, -0.25) is 0 Å². The number of nitrogens with one attached hydrogen (secondary N) is 1. The molecule has 0 bridgehead atoms. The minimum Gasteiger partial charge on any atom is -0.394 e. The maximum Gasteiger partial charge on any atom is 0.0666 e. The molecule has 0 aromatic heterocycles. The van der Waals surface area contributed by atoms with Crippen LogP contribution >= 0.6 is 11.6 Å². The largest absolute Gasteiger partial charge is 0.394 e. The molecule has 1 aromatic rings. The second-order valence-corrected chi connectivity index (χ2v) is 6.40. The van der Waals surface area contributed by atoms with E-state index in [0.717, 1.165) is 30.0 Å². The first-order valence-corrected chi connectivity index (χ1v) is 7.02. The zero-order valence-electron chi connectivity index (χ0n) is 11.2. The molecule has 1 unspecified atom stereocenters. The Morgan fingerprint density at radius 1 is 1.28 bits per heavy atom. The Morgan fingerprint density at radius 2 is 2.00 bits per heavy atom. The molecule has 0 heterocycles. The fraction of sp³-hybridized carbons (Fsp3) is 0.600. The molecule has 1 aliphatic rings. The summed E-state index contributed by atoms with van der Waals surface area (Å²) >= 11 is 6.02. The van der Waals surface area contributed by atoms with Crippen molar-refractivity contribution in [2.45, 2.75) is 45.1 Å². The van der Waals surface area contributed by atoms with Crippen LogP contribution in [0.2, 0.25) is 5.02 Å². The maximum atomic E-state index is 9.91. The first-order valence-electron chi connectivity index (χ1n) is 6.64. The Labute approximate surface area is 114 Å². The van der Waals surface area contributed by atoms with E-state index >= 15 is 0 Å². The topological polar surface area (TPSA) is 32.3 Å². The number of benzene rings is 1. The molecule has 2 nitrogen and oxygen atoms in total. The lowest BCUT2D eigenvalue weighted by Crippen LogP contribution is -2.56. The lowest BCUT2D eigenvalue weighted by molar-refractivity contribution is 0.0580. The average Bonchev–Trinajstić information content (AvgIpc) is 2.32. The summed E-state index contributed by atoms with van der Waals surface area (Å²) in [6.07, 6.45) is 4.55. The standard InChI is InChI=1S/C15H22ClNO/c1-14(2)8-3-4-9-15(14,11-18)17-13-7-5-6-12(16)10-13/h5-7,10,17-18H,3-4,8-9,11H2,1-2H3. The summed E-state index contributed by atoms with van der Waals surface area (Å²) in [6, 6.07) is 7.73. The van der Waals surface area contributed by atoms with Crippen molar-refractivity contribution in [2.75, 3.05) is 11.9 Å². The molecule has 1 fully saturated rings. The van der Waals surface area contributed by atoms with Crippen LogP contribution < -0.4 is 5.32 Å². The van der Waals surface area contributed by atoms with Gasteiger partial charge in [-0.2, -0.15) is 0 Å². The summed E-state index contributed by atoms with van der Waals surface area (Å²) in [6.45, 7) is 4.63. The summed E-state index contributed by atoms with van der Waals surface area (Å²) in [7, 11) is 0. The van der Waals surface area contributed by atoms with Crippen LogP contribution in [-0.4, -0.2) is 17.3 Å². The predicted octanol–water partition coefficient (Wildman–Crippen LogP) is 4.08. The third-order valence-electron chi connectivity index (χ3n) is 4.43. The van der Waals surface area contributed by atoms with Gasteiger partial charge in [-0.1, -0.05) is 44.4 Å². The van der Waals surface area contributed by atoms with Gasteiger partial charge in [0.2, 0.25) is 0 Å². The van der Waals surface area contributed by atoms with Crippen molar-refractivity contribution < 1.29 is 5.11 Å². The molecule has 0 aliphatic heterocycles. The molecule has 0 saturated heterocycles. The van der Waals surface area contributed by atoms with E-state index in [2.05, 4.69) is 19.2 Å². The van der Waals surface area contributed by atoms with Crippen molar-refractivity contribution in [3.63, 3.8) is 0 Å². The van der Waals surface area contributed by atoms with Gasteiger partial charge in [-0.25, -0.2) is 0 Å². The Bertz CT molecular complexity index is 419. The number of hydrogen-bond donors (Lipinski definition) is 2. The Hall–Kier alpha value is -0.730. The number of aliphatic hydroxyl groups is 1. The molecule has 100 valence electrons. The van der Waals surface area contributed by atoms with E-state index in [4.69, 9.17) is 11.6 Å². The van der Waals surface area contributed by atoms with Gasteiger partial charge in [0, 0.05) is 10.7 Å². The maximum absolute atomic E-state index is 9.91. The highest BCUT2D eigenvalue weighted by molar-refractivity contribution is 6.30. The zero-order valence-corrected chi connectivity index (χ0v) is 11.9. The second-order valence-electron chi connectivity index (χ2n) is 5.97. The quantitative estimate of drug-likeness (QED) is 0.865. The minimum atomic E-state index is -0.240. The highest BCUT2D eigenvalue weighted by Gasteiger charge is 2.46. The van der Waals surface area contributed by atoms with Crippen LogP contribution in [0, 0.1) is 5.41 Å². The van der Waals surface area contributed by atoms with Crippen LogP contribution in [-0.2, 0) is 0 Å². The summed E-state index contributed by atoms with van der Waals surface area (Å²) in [5.41, 5.74) is 0.838. The van der Waals surface area contributed by atoms with Crippen molar-refractivity contribution in [3.05, 3.63) is 29.3 Å². The molecule has 18 heavy (non-hydrogen) atoms. The van der Waals surface area contributed by atoms with E-state index in [9.17, 15) is 5.11 Å². The lowest BCUT2D eigenvalue weighted by Gasteiger charge is -2.50. The fourth-order valence-corrected chi connectivity index (χ4v) is 3.17. The SMILES string of the molecule is CC1(C)CCCCC1(CO)Nc1cccc(Cl)c1. The van der Waals surface area contributed by atoms with Gasteiger partial charge in [-0.15, -0.1) is 0 Å². The highest BCUT2D eigenvalue weighted by atomic mass is 35.5. The molecule has 0 amide bonds. The number of aliphatic hydroxyl groups excluding tert-OH is 1. The van der Waals surface area contributed by atoms with E-state index in [-0.39, 0.29) is 17.6 Å². The van der Waals surface area contributed by atoms with Crippen molar-refractivity contribution in [3.8, 4) is 0 Å². The highest BCUT2D eigenvalue weighted by Crippen LogP contribution is 2.45. The van der Waals surface area contributed by atoms with Crippen molar-refractivity contribution in [1.29, 1.82) is 0 Å². The second kappa shape index (κ2) is 5.10. The zero-order chi connectivity index (χ0) is 13.2. The van der Waals surface area contributed by atoms with E-state index in [1.807, 2.05) is 24.3 Å². The van der Waals surface area contributed by atoms with Crippen molar-refractivity contribution in [1.82, 2.24) is 0 Å². The smallest absolute Gasteiger partial charge is 0.0666 e. The van der Waals surface area contributed by atoms with Gasteiger partial charge in [-0.05, 0) is 36.5 Å². The monoisotopic (exact) mass is 267 g/mol. The fourth-order valence-electron chi connectivity index (χ4n) is 2.98. The third-order valence-corrected chi connectivity index (χ3v) is 4.66. The van der Waals surface area contributed by atoms with Crippen LogP contribution in [0.5, 0.6) is 0 Å². The number of rotatable bonds is 3. The number of hydrogen-bond acceptors (Lipinski definition) is 2. The minimum absolute atomic E-state index is 0.0856. The Balaban J connectivity index is 2.27. The van der Waals surface area contributed by atoms with E-state index < -0.39 is 0 Å². The van der Waals surface area contributed by atoms with Gasteiger partial charge in [0.15, 0.2) is 0 Å². The summed E-state index contributed by atoms with van der Waals surface area (Å²) in [5, 5.41) is 14.2. The molecule has 0 spiro atoms. The third kappa shape index (κ3) is 2.50. The lowest BCUT2D eigenvalue weighted by atomic mass is 9.63. The summed E-state index contributed by atoms with van der Waals surface area (Å²) < 4.78 is 0. The summed E-state index contributed by atoms with van der Waals surface area (Å²) in [4.78, 5) is 0. The van der Waals surface area contributed by atoms with E-state index in [1.54, 1.807) is 0 Å². The van der Waals surface area contributed by atoms with E-state index in [1.165, 1.54) is 6.42 Å². The predicted molar refractivity (Wildman–Crippen MR) is 77.1 cm³/mol. The van der Waals surface area contributed by atoms with Crippen LogP contribution in [0.3, 0.4) is 0 Å². The Kier molecular flexibility index (Phi) is 3.88. The van der Waals surface area contributed by atoms with Gasteiger partial charge < -0.3 is 10.4 Å². The van der Waals surface area contributed by atoms with Crippen LogP contribution in [0.15, 0.2) is 24.3 Å². The first-order chi connectivity index (χ1) is 8.49. The molecule has 0 radical (unpaired) electrons. The van der Waals surface area contributed by atoms with Gasteiger partial charge in [0.05, 0.1) is 12.1 Å². The molecule has 2 rings (SSSR count). The first kappa shape index (κ1) is 13.7. The summed E-state index contributed by atoms with van der Waals surface area (Å²) in [5.74, 6) is 0. The van der Waals surface area contributed by atoms with Crippen LogP contribution in [0.4, 0.5) is 5.69 Å². The molecule has 1 atom stereocenters. The molecule has 3 heteroatoms. The molecule has 1 aliphatic carbocycles. The molecule has 1 aromatic carbocycles.